The topological polar surface area (TPSA) is 159 Å². The fourth-order valence-electron chi connectivity index (χ4n) is 3.43. The number of terminal acetylenes is 1. The van der Waals surface area contributed by atoms with Gasteiger partial charge < -0.3 is 19.5 Å². The summed E-state index contributed by atoms with van der Waals surface area (Å²) in [6, 6.07) is 4.74. The molecule has 13 heteroatoms. The van der Waals surface area contributed by atoms with Gasteiger partial charge in [-0.1, -0.05) is 12.0 Å². The van der Waals surface area contributed by atoms with Gasteiger partial charge >= 0.3 is 13.5 Å². The summed E-state index contributed by atoms with van der Waals surface area (Å²) >= 11 is 0. The molecule has 1 fully saturated rings. The highest BCUT2D eigenvalue weighted by atomic mass is 31.2. The van der Waals surface area contributed by atoms with Crippen LogP contribution in [-0.4, -0.2) is 45.5 Å². The van der Waals surface area contributed by atoms with Crippen LogP contribution < -0.4 is 11.2 Å². The van der Waals surface area contributed by atoms with Crippen molar-refractivity contribution in [2.45, 2.75) is 45.0 Å². The number of aliphatic hydroxyl groups is 1. The SMILES string of the molecule is C#Cc1cc(CO)cc(COP(=O)(O)OOCC2O[C@@H](n3cc(C)c(=O)[nH]c3=O)C[C@H]2OC)c1. The molecule has 1 aromatic carbocycles. The second kappa shape index (κ2) is 11.2. The van der Waals surface area contributed by atoms with Crippen molar-refractivity contribution in [3.05, 3.63) is 67.5 Å². The number of nitrogens with one attached hydrogen (secondary N) is 1. The van der Waals surface area contributed by atoms with E-state index in [1.807, 2.05) is 0 Å². The molecule has 184 valence electrons. The van der Waals surface area contributed by atoms with Crippen LogP contribution in [0, 0.1) is 19.3 Å². The number of ether oxygens (including phenoxy) is 2. The molecule has 0 radical (unpaired) electrons. The Hall–Kier alpha value is -2.59. The monoisotopic (exact) mass is 496 g/mol. The van der Waals surface area contributed by atoms with E-state index < -0.39 is 37.5 Å². The number of benzene rings is 1. The minimum Gasteiger partial charge on any atom is -0.392 e. The Kier molecular flexibility index (Phi) is 8.59. The normalized spacial score (nSPS) is 21.8. The van der Waals surface area contributed by atoms with Gasteiger partial charge in [-0.3, -0.25) is 18.9 Å². The van der Waals surface area contributed by atoms with E-state index in [1.54, 1.807) is 25.1 Å². The van der Waals surface area contributed by atoms with E-state index in [-0.39, 0.29) is 26.2 Å². The summed E-state index contributed by atoms with van der Waals surface area (Å²) in [5.41, 5.74) is 0.658. The molecule has 2 heterocycles. The lowest BCUT2D eigenvalue weighted by Crippen LogP contribution is -2.33. The molecule has 1 saturated heterocycles. The van der Waals surface area contributed by atoms with E-state index in [0.717, 1.165) is 0 Å². The predicted octanol–water partition coefficient (Wildman–Crippen LogP) is 0.887. The van der Waals surface area contributed by atoms with Crippen LogP contribution in [0.25, 0.3) is 0 Å². The van der Waals surface area contributed by atoms with Gasteiger partial charge in [0.25, 0.3) is 5.56 Å². The highest BCUT2D eigenvalue weighted by molar-refractivity contribution is 7.47. The van der Waals surface area contributed by atoms with Crippen LogP contribution in [0.2, 0.25) is 0 Å². The number of rotatable bonds is 10. The Balaban J connectivity index is 1.56. The standard InChI is InChI=1S/C21H25N2O10P/c1-4-14-5-15(10-24)7-16(6-14)11-31-34(27,28)33-30-12-18-17(29-3)8-19(32-18)23-9-13(2)20(25)22-21(23)26/h1,5-7,9,17-19,24H,8,10-12H2,2-3H3,(H,27,28)(H,22,25,26)/t17-,18?,19-/m1/s1. The Morgan fingerprint density at radius 2 is 2.06 bits per heavy atom. The van der Waals surface area contributed by atoms with Gasteiger partial charge in [-0.05, 0) is 30.2 Å². The quantitative estimate of drug-likeness (QED) is 0.187. The van der Waals surface area contributed by atoms with E-state index in [0.29, 0.717) is 22.3 Å². The molecule has 1 aliphatic heterocycles. The molecule has 12 nitrogen and oxygen atoms in total. The summed E-state index contributed by atoms with van der Waals surface area (Å²) in [6.45, 7) is 0.670. The van der Waals surface area contributed by atoms with Crippen LogP contribution in [0.1, 0.15) is 34.9 Å². The maximum Gasteiger partial charge on any atom is 0.499 e. The molecule has 3 N–H and O–H groups in total. The van der Waals surface area contributed by atoms with Crippen molar-refractivity contribution in [1.29, 1.82) is 0 Å². The highest BCUT2D eigenvalue weighted by Gasteiger charge is 2.38. The first-order chi connectivity index (χ1) is 16.2. The number of aromatic nitrogens is 2. The maximum absolute atomic E-state index is 12.2. The lowest BCUT2D eigenvalue weighted by atomic mass is 10.1. The zero-order valence-corrected chi connectivity index (χ0v) is 19.4. The lowest BCUT2D eigenvalue weighted by Gasteiger charge is -2.18. The average Bonchev–Trinajstić information content (AvgIpc) is 3.22. The second-order valence-corrected chi connectivity index (χ2v) is 8.90. The molecule has 0 amide bonds. The molecule has 0 bridgehead atoms. The van der Waals surface area contributed by atoms with Gasteiger partial charge in [-0.25, -0.2) is 14.2 Å². The van der Waals surface area contributed by atoms with Crippen LogP contribution >= 0.6 is 7.82 Å². The highest BCUT2D eigenvalue weighted by Crippen LogP contribution is 2.44. The molecule has 2 unspecified atom stereocenters. The number of phosphoric ester groups is 1. The van der Waals surface area contributed by atoms with Gasteiger partial charge in [0.1, 0.15) is 18.9 Å². The van der Waals surface area contributed by atoms with Crippen LogP contribution in [-0.2, 0) is 41.3 Å². The van der Waals surface area contributed by atoms with E-state index in [4.69, 9.17) is 25.3 Å². The predicted molar refractivity (Wildman–Crippen MR) is 117 cm³/mol. The second-order valence-electron chi connectivity index (χ2n) is 7.56. The third kappa shape index (κ3) is 6.50. The molecule has 0 aliphatic carbocycles. The number of H-pyrrole nitrogens is 1. The van der Waals surface area contributed by atoms with Gasteiger partial charge in [0, 0.05) is 30.9 Å². The number of aromatic amines is 1. The van der Waals surface area contributed by atoms with Crippen molar-refractivity contribution >= 4 is 7.82 Å². The Bertz CT molecular complexity index is 1220. The maximum atomic E-state index is 12.2. The number of phosphoric acid groups is 1. The van der Waals surface area contributed by atoms with Gasteiger partial charge in [-0.15, -0.1) is 11.1 Å². The fourth-order valence-corrected chi connectivity index (χ4v) is 3.98. The van der Waals surface area contributed by atoms with Gasteiger partial charge in [0.2, 0.25) is 0 Å². The summed E-state index contributed by atoms with van der Waals surface area (Å²) < 4.78 is 34.0. The summed E-state index contributed by atoms with van der Waals surface area (Å²) in [4.78, 5) is 40.7. The smallest absolute Gasteiger partial charge is 0.392 e. The van der Waals surface area contributed by atoms with Crippen molar-refractivity contribution in [3.63, 3.8) is 0 Å². The number of aryl methyl sites for hydroxylation is 1. The van der Waals surface area contributed by atoms with Crippen LogP contribution in [0.3, 0.4) is 0 Å². The van der Waals surface area contributed by atoms with Crippen LogP contribution in [0.15, 0.2) is 34.0 Å². The number of methoxy groups -OCH3 is 1. The first-order valence-corrected chi connectivity index (χ1v) is 11.6. The molecule has 1 aliphatic rings. The van der Waals surface area contributed by atoms with Gasteiger partial charge in [0.05, 0.1) is 19.3 Å². The average molecular weight is 496 g/mol. The Morgan fingerprint density at radius 3 is 2.74 bits per heavy atom. The zero-order chi connectivity index (χ0) is 24.9. The molecule has 3 rings (SSSR count). The fraction of sp³-hybridized carbons (Fsp3) is 0.429. The zero-order valence-electron chi connectivity index (χ0n) is 18.5. The third-order valence-corrected chi connectivity index (χ3v) is 5.86. The van der Waals surface area contributed by atoms with Crippen LogP contribution in [0.4, 0.5) is 0 Å². The molecule has 4 atom stereocenters. The molecule has 2 aromatic rings. The van der Waals surface area contributed by atoms with Crippen molar-refractivity contribution in [2.75, 3.05) is 13.7 Å². The molecule has 1 aromatic heterocycles. The number of hydrogen-bond donors (Lipinski definition) is 3. The molecule has 0 saturated carbocycles. The molecular formula is C21H25N2O10P. The Morgan fingerprint density at radius 1 is 1.32 bits per heavy atom. The van der Waals surface area contributed by atoms with E-state index >= 15 is 0 Å². The summed E-state index contributed by atoms with van der Waals surface area (Å²) in [6.07, 6.45) is 5.00. The number of aliphatic hydroxyl groups excluding tert-OH is 1. The van der Waals surface area contributed by atoms with E-state index in [9.17, 15) is 24.2 Å². The molecule has 34 heavy (non-hydrogen) atoms. The minimum absolute atomic E-state index is 0.257. The number of hydrogen-bond acceptors (Lipinski definition) is 9. The summed E-state index contributed by atoms with van der Waals surface area (Å²) in [5, 5.41) is 9.29. The first kappa shape index (κ1) is 26.0. The van der Waals surface area contributed by atoms with Gasteiger partial charge in [-0.2, -0.15) is 0 Å². The largest absolute Gasteiger partial charge is 0.499 e. The van der Waals surface area contributed by atoms with Crippen molar-refractivity contribution in [1.82, 2.24) is 9.55 Å². The molecule has 0 spiro atoms. The minimum atomic E-state index is -4.61. The van der Waals surface area contributed by atoms with Crippen molar-refractivity contribution < 1.29 is 38.1 Å². The number of nitrogens with zero attached hydrogens (tertiary/aromatic N) is 1. The van der Waals surface area contributed by atoms with Crippen molar-refractivity contribution in [3.8, 4) is 12.3 Å². The Labute approximate surface area is 194 Å². The summed E-state index contributed by atoms with van der Waals surface area (Å²) in [7, 11) is -3.17. The third-order valence-electron chi connectivity index (χ3n) is 5.11. The van der Waals surface area contributed by atoms with Crippen LogP contribution in [0.5, 0.6) is 0 Å². The van der Waals surface area contributed by atoms with E-state index in [1.165, 1.54) is 17.9 Å². The summed E-state index contributed by atoms with van der Waals surface area (Å²) in [5.74, 6) is 2.42. The lowest BCUT2D eigenvalue weighted by molar-refractivity contribution is -0.249. The van der Waals surface area contributed by atoms with E-state index in [2.05, 4.69) is 15.6 Å². The van der Waals surface area contributed by atoms with Crippen molar-refractivity contribution in [2.24, 2.45) is 0 Å². The molecular weight excluding hydrogens is 471 g/mol. The van der Waals surface area contributed by atoms with Gasteiger partial charge in [0.15, 0.2) is 0 Å². The first-order valence-electron chi connectivity index (χ1n) is 10.1.